The molecule has 3 heterocycles. The van der Waals surface area contributed by atoms with E-state index in [4.69, 9.17) is 27.9 Å². The summed E-state index contributed by atoms with van der Waals surface area (Å²) in [7, 11) is 0. The van der Waals surface area contributed by atoms with E-state index in [1.807, 2.05) is 29.8 Å². The lowest BCUT2D eigenvalue weighted by Crippen LogP contribution is -2.63. The van der Waals surface area contributed by atoms with Gasteiger partial charge in [0.1, 0.15) is 24.4 Å². The molecule has 3 amide bonds. The number of hydrogen-bond acceptors (Lipinski definition) is 7. The second-order valence-electron chi connectivity index (χ2n) is 11.2. The molecule has 1 aromatic heterocycles. The molecule has 3 unspecified atom stereocenters. The molecular formula is C31H42Cl2N6O5. The average molecular weight is 650 g/mol. The molecule has 2 fully saturated rings. The highest BCUT2D eigenvalue weighted by atomic mass is 35.5. The number of rotatable bonds is 16. The lowest BCUT2D eigenvalue weighted by molar-refractivity contribution is -0.159. The van der Waals surface area contributed by atoms with E-state index in [0.29, 0.717) is 63.6 Å². The molecule has 0 aliphatic carbocycles. The number of ether oxygens (including phenoxy) is 1. The first-order valence-corrected chi connectivity index (χ1v) is 16.1. The van der Waals surface area contributed by atoms with Crippen molar-refractivity contribution in [3.8, 4) is 0 Å². The van der Waals surface area contributed by atoms with Crippen LogP contribution in [-0.4, -0.2) is 123 Å². The third kappa shape index (κ3) is 9.26. The summed E-state index contributed by atoms with van der Waals surface area (Å²) < 4.78 is 7.34. The average Bonchev–Trinajstić information content (AvgIpc) is 3.55. The number of nitrogens with zero attached hydrogens (tertiary/aromatic N) is 6. The zero-order valence-electron chi connectivity index (χ0n) is 25.2. The first-order valence-electron chi connectivity index (χ1n) is 15.3. The monoisotopic (exact) mass is 648 g/mol. The Labute approximate surface area is 269 Å². The maximum absolute atomic E-state index is 14.0. The van der Waals surface area contributed by atoms with Crippen LogP contribution < -0.4 is 0 Å². The van der Waals surface area contributed by atoms with Gasteiger partial charge in [-0.3, -0.25) is 19.3 Å². The highest BCUT2D eigenvalue weighted by molar-refractivity contribution is 6.30. The van der Waals surface area contributed by atoms with E-state index in [0.717, 1.165) is 31.5 Å². The van der Waals surface area contributed by atoms with Crippen LogP contribution in [0.5, 0.6) is 0 Å². The van der Waals surface area contributed by atoms with E-state index in [1.165, 1.54) is 9.80 Å². The van der Waals surface area contributed by atoms with E-state index >= 15 is 0 Å². The number of carbonyl (C=O) groups is 4. The molecule has 0 N–H and O–H groups in total. The summed E-state index contributed by atoms with van der Waals surface area (Å²) in [6.45, 7) is 6.71. The number of hydrogen-bond donors (Lipinski definition) is 0. The summed E-state index contributed by atoms with van der Waals surface area (Å²) in [4.78, 5) is 64.2. The highest BCUT2D eigenvalue weighted by Gasteiger charge is 2.43. The standard InChI is InChI=1S/C31H42Cl2N6O5/c1-2-26(22-40)37(12-4-11-36-14-9-34-23-36)29(41)20-27-31(43)39(28(33)19-24-5-7-25(32)8-6-24)21-30(42)38(27)13-3-10-35-15-17-44-18-16-35/h5-9,14,22-23,26-28H,2-4,10-13,15-21H2,1H3. The minimum atomic E-state index is -1.01. The quantitative estimate of drug-likeness (QED) is 0.156. The minimum absolute atomic E-state index is 0.163. The Morgan fingerprint density at radius 1 is 1.14 bits per heavy atom. The molecule has 0 bridgehead atoms. The number of carbonyl (C=O) groups excluding carboxylic acids is 4. The molecule has 11 nitrogen and oxygen atoms in total. The van der Waals surface area contributed by atoms with E-state index in [-0.39, 0.29) is 30.7 Å². The lowest BCUT2D eigenvalue weighted by Gasteiger charge is -2.42. The van der Waals surface area contributed by atoms with Gasteiger partial charge < -0.3 is 28.8 Å². The predicted octanol–water partition coefficient (Wildman–Crippen LogP) is 2.69. The summed E-state index contributed by atoms with van der Waals surface area (Å²) in [5, 5.41) is 0.589. The lowest BCUT2D eigenvalue weighted by atomic mass is 10.0. The maximum atomic E-state index is 14.0. The van der Waals surface area contributed by atoms with Gasteiger partial charge in [0.15, 0.2) is 0 Å². The Bertz CT molecular complexity index is 1220. The number of aryl methyl sites for hydroxylation is 1. The van der Waals surface area contributed by atoms with Crippen molar-refractivity contribution in [1.82, 2.24) is 29.2 Å². The summed E-state index contributed by atoms with van der Waals surface area (Å²) in [5.74, 6) is -0.958. The number of piperazine rings is 1. The number of benzene rings is 1. The summed E-state index contributed by atoms with van der Waals surface area (Å²) >= 11 is 12.8. The third-order valence-electron chi connectivity index (χ3n) is 8.24. The van der Waals surface area contributed by atoms with Gasteiger partial charge in [-0.05, 0) is 37.0 Å². The van der Waals surface area contributed by atoms with Crippen LogP contribution in [0.2, 0.25) is 5.02 Å². The fraction of sp³-hybridized carbons (Fsp3) is 0.581. The van der Waals surface area contributed by atoms with E-state index < -0.39 is 17.6 Å². The van der Waals surface area contributed by atoms with Crippen molar-refractivity contribution in [3.63, 3.8) is 0 Å². The SMILES string of the molecule is CCC(C=O)N(CCCn1ccnc1)C(=O)CC1C(=O)N(C(Cl)Cc2ccc(Cl)cc2)CC(=O)N1CCCN1CCOCC1. The predicted molar refractivity (Wildman–Crippen MR) is 167 cm³/mol. The minimum Gasteiger partial charge on any atom is -0.379 e. The number of amides is 3. The van der Waals surface area contributed by atoms with Crippen LogP contribution in [0, 0.1) is 0 Å². The van der Waals surface area contributed by atoms with Gasteiger partial charge in [-0.1, -0.05) is 42.3 Å². The smallest absolute Gasteiger partial charge is 0.247 e. The molecular weight excluding hydrogens is 607 g/mol. The van der Waals surface area contributed by atoms with Gasteiger partial charge in [0.2, 0.25) is 17.7 Å². The Kier molecular flexibility index (Phi) is 13.0. The maximum Gasteiger partial charge on any atom is 0.247 e. The van der Waals surface area contributed by atoms with Gasteiger partial charge in [-0.15, -0.1) is 0 Å². The largest absolute Gasteiger partial charge is 0.379 e. The number of imidazole rings is 1. The van der Waals surface area contributed by atoms with Gasteiger partial charge in [0.05, 0.1) is 32.0 Å². The third-order valence-corrected chi connectivity index (χ3v) is 8.88. The molecule has 4 rings (SSSR count). The van der Waals surface area contributed by atoms with Gasteiger partial charge >= 0.3 is 0 Å². The van der Waals surface area contributed by atoms with Crippen molar-refractivity contribution >= 4 is 47.2 Å². The van der Waals surface area contributed by atoms with E-state index in [9.17, 15) is 19.2 Å². The Morgan fingerprint density at radius 2 is 1.89 bits per heavy atom. The summed E-state index contributed by atoms with van der Waals surface area (Å²) in [5.41, 5.74) is 0.0847. The zero-order valence-corrected chi connectivity index (χ0v) is 26.7. The fourth-order valence-corrected chi connectivity index (χ4v) is 6.20. The highest BCUT2D eigenvalue weighted by Crippen LogP contribution is 2.24. The summed E-state index contributed by atoms with van der Waals surface area (Å²) in [6.07, 6.45) is 7.79. The first kappa shape index (κ1) is 33.9. The molecule has 2 aliphatic rings. The normalized spacial score (nSPS) is 19.2. The van der Waals surface area contributed by atoms with Crippen LogP contribution in [0.25, 0.3) is 0 Å². The number of aldehydes is 1. The van der Waals surface area contributed by atoms with E-state index in [2.05, 4.69) is 9.88 Å². The molecule has 0 saturated carbocycles. The topological polar surface area (TPSA) is 108 Å². The van der Waals surface area contributed by atoms with Gasteiger partial charge in [0.25, 0.3) is 0 Å². The zero-order chi connectivity index (χ0) is 31.5. The molecule has 13 heteroatoms. The van der Waals surface area contributed by atoms with Gasteiger partial charge in [-0.2, -0.15) is 0 Å². The van der Waals surface area contributed by atoms with Crippen molar-refractivity contribution in [2.45, 2.75) is 63.2 Å². The van der Waals surface area contributed by atoms with Crippen LogP contribution >= 0.6 is 23.2 Å². The molecule has 2 saturated heterocycles. The van der Waals surface area contributed by atoms with Crippen molar-refractivity contribution in [1.29, 1.82) is 0 Å². The number of alkyl halides is 1. The number of aromatic nitrogens is 2. The molecule has 44 heavy (non-hydrogen) atoms. The molecule has 2 aromatic rings. The molecule has 2 aliphatic heterocycles. The second-order valence-corrected chi connectivity index (χ2v) is 12.1. The van der Waals surface area contributed by atoms with Crippen molar-refractivity contribution in [3.05, 3.63) is 53.6 Å². The van der Waals surface area contributed by atoms with Crippen LogP contribution in [0.4, 0.5) is 0 Å². The molecule has 240 valence electrons. The Morgan fingerprint density at radius 3 is 2.55 bits per heavy atom. The van der Waals surface area contributed by atoms with Gasteiger partial charge in [0, 0.05) is 63.1 Å². The van der Waals surface area contributed by atoms with Crippen molar-refractivity contribution in [2.75, 3.05) is 52.5 Å². The second kappa shape index (κ2) is 16.9. The molecule has 3 atom stereocenters. The number of morpholine rings is 1. The fourth-order valence-electron chi connectivity index (χ4n) is 5.73. The molecule has 1 aromatic carbocycles. The van der Waals surface area contributed by atoms with Crippen molar-refractivity contribution < 1.29 is 23.9 Å². The summed E-state index contributed by atoms with van der Waals surface area (Å²) in [6, 6.07) is 5.52. The van der Waals surface area contributed by atoms with Crippen LogP contribution in [0.1, 0.15) is 38.2 Å². The molecule has 0 spiro atoms. The van der Waals surface area contributed by atoms with Crippen LogP contribution in [-0.2, 0) is 36.9 Å². The first-order chi connectivity index (χ1) is 21.3. The van der Waals surface area contributed by atoms with Crippen LogP contribution in [0.3, 0.4) is 0 Å². The Hall–Kier alpha value is -2.99. The van der Waals surface area contributed by atoms with Gasteiger partial charge in [-0.25, -0.2) is 4.98 Å². The molecule has 0 radical (unpaired) electrons. The van der Waals surface area contributed by atoms with E-state index in [1.54, 1.807) is 29.6 Å². The van der Waals surface area contributed by atoms with Crippen molar-refractivity contribution in [2.24, 2.45) is 0 Å². The van der Waals surface area contributed by atoms with Crippen LogP contribution in [0.15, 0.2) is 43.0 Å². The number of halogens is 2. The Balaban J connectivity index is 1.50.